The Hall–Kier alpha value is -0.410. The summed E-state index contributed by atoms with van der Waals surface area (Å²) in [4.78, 5) is 4.44. The average molecular weight is 297 g/mol. The lowest BCUT2D eigenvalue weighted by molar-refractivity contribution is 0.217. The van der Waals surface area contributed by atoms with Crippen molar-refractivity contribution in [2.75, 3.05) is 0 Å². The molecule has 1 aliphatic rings. The first-order valence-electron chi connectivity index (χ1n) is 6.50. The SMILES string of the molecule is CCC1CCCC(N)(Cc2ccc(Br)cn2)C1. The third-order valence-corrected chi connectivity index (χ3v) is 4.35. The predicted octanol–water partition coefficient (Wildman–Crippen LogP) is 3.68. The van der Waals surface area contributed by atoms with Crippen molar-refractivity contribution in [2.45, 2.75) is 51.0 Å². The van der Waals surface area contributed by atoms with Gasteiger partial charge in [0.15, 0.2) is 0 Å². The Morgan fingerprint density at radius 3 is 3.00 bits per heavy atom. The Labute approximate surface area is 112 Å². The molecule has 2 unspecified atom stereocenters. The van der Waals surface area contributed by atoms with Crippen molar-refractivity contribution in [1.29, 1.82) is 0 Å². The first-order chi connectivity index (χ1) is 8.11. The first-order valence-corrected chi connectivity index (χ1v) is 7.30. The molecule has 94 valence electrons. The van der Waals surface area contributed by atoms with Gasteiger partial charge in [0.25, 0.3) is 0 Å². The molecule has 1 aromatic heterocycles. The van der Waals surface area contributed by atoms with E-state index in [9.17, 15) is 0 Å². The summed E-state index contributed by atoms with van der Waals surface area (Å²) in [6.07, 6.45) is 8.94. The maximum absolute atomic E-state index is 6.54. The van der Waals surface area contributed by atoms with Gasteiger partial charge < -0.3 is 5.73 Å². The summed E-state index contributed by atoms with van der Waals surface area (Å²) in [5.41, 5.74) is 7.63. The number of rotatable bonds is 3. The summed E-state index contributed by atoms with van der Waals surface area (Å²) >= 11 is 3.41. The number of nitrogens with zero attached hydrogens (tertiary/aromatic N) is 1. The lowest BCUT2D eigenvalue weighted by Crippen LogP contribution is -2.46. The number of hydrogen-bond acceptors (Lipinski definition) is 2. The molecule has 1 aliphatic carbocycles. The van der Waals surface area contributed by atoms with Crippen molar-refractivity contribution in [3.8, 4) is 0 Å². The third kappa shape index (κ3) is 3.52. The van der Waals surface area contributed by atoms with Gasteiger partial charge in [-0.25, -0.2) is 0 Å². The molecule has 0 bridgehead atoms. The van der Waals surface area contributed by atoms with Crippen LogP contribution in [-0.4, -0.2) is 10.5 Å². The normalized spacial score (nSPS) is 29.2. The molecule has 2 nitrogen and oxygen atoms in total. The molecule has 1 fully saturated rings. The molecular formula is C14H21BrN2. The van der Waals surface area contributed by atoms with E-state index in [2.05, 4.69) is 33.9 Å². The fraction of sp³-hybridized carbons (Fsp3) is 0.643. The van der Waals surface area contributed by atoms with Gasteiger partial charge in [0.1, 0.15) is 0 Å². The van der Waals surface area contributed by atoms with E-state index in [1.165, 1.54) is 19.3 Å². The van der Waals surface area contributed by atoms with Gasteiger partial charge in [-0.3, -0.25) is 4.98 Å². The van der Waals surface area contributed by atoms with Crippen LogP contribution in [-0.2, 0) is 6.42 Å². The summed E-state index contributed by atoms with van der Waals surface area (Å²) in [5.74, 6) is 0.809. The number of aromatic nitrogens is 1. The maximum Gasteiger partial charge on any atom is 0.0422 e. The van der Waals surface area contributed by atoms with E-state index >= 15 is 0 Å². The highest BCUT2D eigenvalue weighted by atomic mass is 79.9. The highest BCUT2D eigenvalue weighted by Gasteiger charge is 2.32. The molecule has 1 aromatic rings. The average Bonchev–Trinajstić information content (AvgIpc) is 2.32. The minimum atomic E-state index is -0.0280. The van der Waals surface area contributed by atoms with E-state index in [-0.39, 0.29) is 5.54 Å². The van der Waals surface area contributed by atoms with Crippen LogP contribution < -0.4 is 5.73 Å². The smallest absolute Gasteiger partial charge is 0.0422 e. The zero-order valence-corrected chi connectivity index (χ0v) is 12.0. The number of pyridine rings is 1. The molecule has 1 heterocycles. The molecular weight excluding hydrogens is 276 g/mol. The van der Waals surface area contributed by atoms with Gasteiger partial charge in [0.05, 0.1) is 0 Å². The Balaban J connectivity index is 2.03. The first kappa shape index (κ1) is 13.0. The van der Waals surface area contributed by atoms with Crippen LogP contribution in [0.5, 0.6) is 0 Å². The molecule has 2 N–H and O–H groups in total. The zero-order chi connectivity index (χ0) is 12.3. The number of nitrogens with two attached hydrogens (primary N) is 1. The standard InChI is InChI=1S/C14H21BrN2/c1-2-11-4-3-7-14(16,8-11)9-13-6-5-12(15)10-17-13/h5-6,10-11H,2-4,7-9,16H2,1H3. The molecule has 0 saturated heterocycles. The van der Waals surface area contributed by atoms with Crippen LogP contribution >= 0.6 is 15.9 Å². The summed E-state index contributed by atoms with van der Waals surface area (Å²) in [5, 5.41) is 0. The van der Waals surface area contributed by atoms with E-state index in [1.807, 2.05) is 12.3 Å². The summed E-state index contributed by atoms with van der Waals surface area (Å²) < 4.78 is 1.03. The van der Waals surface area contributed by atoms with Gasteiger partial charge in [-0.05, 0) is 46.8 Å². The highest BCUT2D eigenvalue weighted by Crippen LogP contribution is 2.34. The van der Waals surface area contributed by atoms with Crippen molar-refractivity contribution in [3.63, 3.8) is 0 Å². The Bertz CT molecular complexity index is 363. The van der Waals surface area contributed by atoms with Gasteiger partial charge in [-0.2, -0.15) is 0 Å². The van der Waals surface area contributed by atoms with E-state index in [0.717, 1.165) is 35.3 Å². The van der Waals surface area contributed by atoms with Crippen LogP contribution in [0.1, 0.15) is 44.7 Å². The van der Waals surface area contributed by atoms with Crippen molar-refractivity contribution < 1.29 is 0 Å². The molecule has 0 amide bonds. The predicted molar refractivity (Wildman–Crippen MR) is 74.8 cm³/mol. The van der Waals surface area contributed by atoms with Crippen molar-refractivity contribution in [3.05, 3.63) is 28.5 Å². The molecule has 17 heavy (non-hydrogen) atoms. The van der Waals surface area contributed by atoms with Crippen LogP contribution in [0, 0.1) is 5.92 Å². The van der Waals surface area contributed by atoms with E-state index in [0.29, 0.717) is 0 Å². The summed E-state index contributed by atoms with van der Waals surface area (Å²) in [7, 11) is 0. The lowest BCUT2D eigenvalue weighted by atomic mass is 9.73. The second kappa shape index (κ2) is 5.49. The highest BCUT2D eigenvalue weighted by molar-refractivity contribution is 9.10. The van der Waals surface area contributed by atoms with E-state index < -0.39 is 0 Å². The van der Waals surface area contributed by atoms with Gasteiger partial charge in [0, 0.05) is 28.3 Å². The largest absolute Gasteiger partial charge is 0.325 e. The second-order valence-corrected chi connectivity index (χ2v) is 6.29. The van der Waals surface area contributed by atoms with Gasteiger partial charge in [-0.1, -0.05) is 26.2 Å². The third-order valence-electron chi connectivity index (χ3n) is 3.88. The molecule has 0 aromatic carbocycles. The Morgan fingerprint density at radius 2 is 2.35 bits per heavy atom. The minimum absolute atomic E-state index is 0.0280. The van der Waals surface area contributed by atoms with Crippen LogP contribution in [0.2, 0.25) is 0 Å². The van der Waals surface area contributed by atoms with Crippen LogP contribution in [0.25, 0.3) is 0 Å². The number of hydrogen-bond donors (Lipinski definition) is 1. The fourth-order valence-electron chi connectivity index (χ4n) is 2.90. The fourth-order valence-corrected chi connectivity index (χ4v) is 3.14. The number of halogens is 1. The van der Waals surface area contributed by atoms with Crippen LogP contribution in [0.3, 0.4) is 0 Å². The summed E-state index contributed by atoms with van der Waals surface area (Å²) in [6.45, 7) is 2.27. The Morgan fingerprint density at radius 1 is 1.53 bits per heavy atom. The molecule has 3 heteroatoms. The molecule has 0 radical (unpaired) electrons. The van der Waals surface area contributed by atoms with Crippen molar-refractivity contribution in [2.24, 2.45) is 11.7 Å². The molecule has 2 atom stereocenters. The second-order valence-electron chi connectivity index (χ2n) is 5.38. The monoisotopic (exact) mass is 296 g/mol. The molecule has 0 aliphatic heterocycles. The minimum Gasteiger partial charge on any atom is -0.325 e. The molecule has 0 spiro atoms. The van der Waals surface area contributed by atoms with E-state index in [1.54, 1.807) is 0 Å². The van der Waals surface area contributed by atoms with Gasteiger partial charge in [0.2, 0.25) is 0 Å². The zero-order valence-electron chi connectivity index (χ0n) is 10.5. The quantitative estimate of drug-likeness (QED) is 0.924. The molecule has 2 rings (SSSR count). The van der Waals surface area contributed by atoms with Crippen LogP contribution in [0.4, 0.5) is 0 Å². The lowest BCUT2D eigenvalue weighted by Gasteiger charge is -2.37. The maximum atomic E-state index is 6.54. The molecule has 1 saturated carbocycles. The summed E-state index contributed by atoms with van der Waals surface area (Å²) in [6, 6.07) is 4.13. The van der Waals surface area contributed by atoms with Gasteiger partial charge in [-0.15, -0.1) is 0 Å². The van der Waals surface area contributed by atoms with E-state index in [4.69, 9.17) is 5.73 Å². The van der Waals surface area contributed by atoms with Gasteiger partial charge >= 0.3 is 0 Å². The Kier molecular flexibility index (Phi) is 4.21. The van der Waals surface area contributed by atoms with Crippen LogP contribution in [0.15, 0.2) is 22.8 Å². The van der Waals surface area contributed by atoms with Crippen molar-refractivity contribution >= 4 is 15.9 Å². The van der Waals surface area contributed by atoms with Crippen molar-refractivity contribution in [1.82, 2.24) is 4.98 Å². The topological polar surface area (TPSA) is 38.9 Å².